The van der Waals surface area contributed by atoms with E-state index in [9.17, 15) is 9.59 Å². The Morgan fingerprint density at radius 1 is 1.04 bits per heavy atom. The van der Waals surface area contributed by atoms with Crippen LogP contribution in [0.3, 0.4) is 0 Å². The number of amides is 1. The molecule has 1 amide bonds. The number of carbonyl (C=O) groups is 2. The summed E-state index contributed by atoms with van der Waals surface area (Å²) in [6.07, 6.45) is 0.878. The molecule has 0 aliphatic rings. The number of Topliss-reactive ketones (excluding diaryl/α,β-unsaturated/α-hetero) is 1. The minimum absolute atomic E-state index is 0.126. The van der Waals surface area contributed by atoms with Gasteiger partial charge in [-0.2, -0.15) is 0 Å². The molecule has 0 unspecified atom stereocenters. The summed E-state index contributed by atoms with van der Waals surface area (Å²) in [5.41, 5.74) is 1.42. The van der Waals surface area contributed by atoms with Crippen molar-refractivity contribution in [2.45, 2.75) is 19.3 Å². The number of rotatable bonds is 9. The van der Waals surface area contributed by atoms with Gasteiger partial charge in [-0.05, 0) is 30.2 Å². The third-order valence-corrected chi connectivity index (χ3v) is 4.29. The molecule has 0 atom stereocenters. The second-order valence-corrected chi connectivity index (χ2v) is 6.09. The fraction of sp³-hybridized carbons (Fsp3) is 0.300. The Bertz CT molecular complexity index is 776. The topological polar surface area (TPSA) is 64.6 Å². The maximum atomic E-state index is 12.1. The Balaban J connectivity index is 1.79. The third-order valence-electron chi connectivity index (χ3n) is 3.96. The molecular weight excluding hydrogens is 354 g/mol. The first-order valence-corrected chi connectivity index (χ1v) is 8.68. The molecule has 0 radical (unpaired) electrons. The van der Waals surface area contributed by atoms with E-state index in [0.717, 1.165) is 5.56 Å². The van der Waals surface area contributed by atoms with Crippen LogP contribution in [0, 0.1) is 0 Å². The lowest BCUT2D eigenvalue weighted by Crippen LogP contribution is -2.26. The summed E-state index contributed by atoms with van der Waals surface area (Å²) in [5, 5.41) is 3.23. The number of halogens is 1. The Morgan fingerprint density at radius 2 is 1.81 bits per heavy atom. The van der Waals surface area contributed by atoms with Crippen molar-refractivity contribution < 1.29 is 19.1 Å². The van der Waals surface area contributed by atoms with Gasteiger partial charge in [0.1, 0.15) is 11.5 Å². The van der Waals surface area contributed by atoms with Gasteiger partial charge in [0.15, 0.2) is 5.78 Å². The molecule has 0 saturated carbocycles. The van der Waals surface area contributed by atoms with E-state index < -0.39 is 0 Å². The van der Waals surface area contributed by atoms with Crippen LogP contribution in [0.25, 0.3) is 0 Å². The van der Waals surface area contributed by atoms with Crippen molar-refractivity contribution >= 4 is 23.3 Å². The van der Waals surface area contributed by atoms with E-state index >= 15 is 0 Å². The lowest BCUT2D eigenvalue weighted by molar-refractivity contribution is -0.121. The van der Waals surface area contributed by atoms with Gasteiger partial charge in [-0.1, -0.05) is 29.8 Å². The zero-order chi connectivity index (χ0) is 18.9. The molecule has 0 spiro atoms. The first-order valence-electron chi connectivity index (χ1n) is 8.30. The highest BCUT2D eigenvalue weighted by Gasteiger charge is 2.12. The summed E-state index contributed by atoms with van der Waals surface area (Å²) in [5.74, 6) is 1.13. The number of hydrogen-bond acceptors (Lipinski definition) is 4. The maximum absolute atomic E-state index is 12.1. The molecule has 2 aromatic carbocycles. The molecule has 0 bridgehead atoms. The predicted molar refractivity (Wildman–Crippen MR) is 101 cm³/mol. The van der Waals surface area contributed by atoms with Gasteiger partial charge in [0.05, 0.1) is 19.2 Å². The zero-order valence-corrected chi connectivity index (χ0v) is 15.6. The number of ketones is 1. The molecule has 6 heteroatoms. The van der Waals surface area contributed by atoms with Crippen LogP contribution in [0.1, 0.15) is 28.8 Å². The molecule has 0 aromatic heterocycles. The normalized spacial score (nSPS) is 10.3. The van der Waals surface area contributed by atoms with Crippen molar-refractivity contribution in [2.24, 2.45) is 0 Å². The number of carbonyl (C=O) groups excluding carboxylic acids is 2. The van der Waals surface area contributed by atoms with E-state index in [1.54, 1.807) is 44.6 Å². The molecule has 2 rings (SSSR count). The summed E-state index contributed by atoms with van der Waals surface area (Å²) in [4.78, 5) is 24.1. The smallest absolute Gasteiger partial charge is 0.220 e. The molecule has 2 aromatic rings. The Kier molecular flexibility index (Phi) is 7.48. The van der Waals surface area contributed by atoms with Crippen LogP contribution < -0.4 is 14.8 Å². The first-order chi connectivity index (χ1) is 12.5. The molecule has 0 fully saturated rings. The van der Waals surface area contributed by atoms with Gasteiger partial charge in [-0.15, -0.1) is 0 Å². The summed E-state index contributed by atoms with van der Waals surface area (Å²) in [6.45, 7) is 0.460. The molecule has 0 heterocycles. The molecule has 1 N–H and O–H groups in total. The summed E-state index contributed by atoms with van der Waals surface area (Å²) in [6, 6.07) is 12.4. The standard InChI is InChI=1S/C20H22ClNO4/c1-25-15-8-7-14(19(13-15)26-2)11-12-22-20(24)10-9-18(23)16-5-3-4-6-17(16)21/h3-8,13H,9-12H2,1-2H3,(H,22,24). The highest BCUT2D eigenvalue weighted by atomic mass is 35.5. The zero-order valence-electron chi connectivity index (χ0n) is 14.9. The van der Waals surface area contributed by atoms with E-state index in [1.807, 2.05) is 12.1 Å². The number of methoxy groups -OCH3 is 2. The fourth-order valence-electron chi connectivity index (χ4n) is 2.53. The van der Waals surface area contributed by atoms with E-state index in [4.69, 9.17) is 21.1 Å². The van der Waals surface area contributed by atoms with Crippen molar-refractivity contribution in [3.05, 3.63) is 58.6 Å². The molecular formula is C20H22ClNO4. The monoisotopic (exact) mass is 375 g/mol. The van der Waals surface area contributed by atoms with Gasteiger partial charge in [0, 0.05) is 31.0 Å². The van der Waals surface area contributed by atoms with E-state index in [-0.39, 0.29) is 24.5 Å². The molecule has 0 aliphatic carbocycles. The SMILES string of the molecule is COc1ccc(CCNC(=O)CCC(=O)c2ccccc2Cl)c(OC)c1. The average molecular weight is 376 g/mol. The summed E-state index contributed by atoms with van der Waals surface area (Å²) >= 11 is 5.99. The second kappa shape index (κ2) is 9.82. The van der Waals surface area contributed by atoms with Crippen LogP contribution in [0.5, 0.6) is 11.5 Å². The number of ether oxygens (including phenoxy) is 2. The largest absolute Gasteiger partial charge is 0.497 e. The summed E-state index contributed by atoms with van der Waals surface area (Å²) < 4.78 is 10.5. The lowest BCUT2D eigenvalue weighted by Gasteiger charge is -2.11. The predicted octanol–water partition coefficient (Wildman–Crippen LogP) is 3.68. The van der Waals surface area contributed by atoms with Crippen molar-refractivity contribution in [1.29, 1.82) is 0 Å². The van der Waals surface area contributed by atoms with Crippen LogP contribution in [0.4, 0.5) is 0 Å². The van der Waals surface area contributed by atoms with Crippen molar-refractivity contribution in [2.75, 3.05) is 20.8 Å². The number of nitrogens with one attached hydrogen (secondary N) is 1. The molecule has 5 nitrogen and oxygen atoms in total. The minimum atomic E-state index is -0.169. The lowest BCUT2D eigenvalue weighted by atomic mass is 10.1. The average Bonchev–Trinajstić information content (AvgIpc) is 2.66. The first kappa shape index (κ1) is 19.8. The second-order valence-electron chi connectivity index (χ2n) is 5.68. The van der Waals surface area contributed by atoms with Gasteiger partial charge >= 0.3 is 0 Å². The minimum Gasteiger partial charge on any atom is -0.497 e. The molecule has 138 valence electrons. The quantitative estimate of drug-likeness (QED) is 0.679. The van der Waals surface area contributed by atoms with Crippen LogP contribution in [-0.4, -0.2) is 32.5 Å². The van der Waals surface area contributed by atoms with Crippen LogP contribution in [0.2, 0.25) is 5.02 Å². The number of hydrogen-bond donors (Lipinski definition) is 1. The fourth-order valence-corrected chi connectivity index (χ4v) is 2.77. The van der Waals surface area contributed by atoms with E-state index in [0.29, 0.717) is 35.1 Å². The molecule has 0 saturated heterocycles. The van der Waals surface area contributed by atoms with Gasteiger partial charge in [0.2, 0.25) is 5.91 Å². The Labute approximate surface area is 158 Å². The maximum Gasteiger partial charge on any atom is 0.220 e. The molecule has 0 aliphatic heterocycles. The highest BCUT2D eigenvalue weighted by Crippen LogP contribution is 2.24. The van der Waals surface area contributed by atoms with Gasteiger partial charge < -0.3 is 14.8 Å². The van der Waals surface area contributed by atoms with Crippen molar-refractivity contribution in [1.82, 2.24) is 5.32 Å². The molecule has 26 heavy (non-hydrogen) atoms. The third kappa shape index (κ3) is 5.49. The van der Waals surface area contributed by atoms with Crippen LogP contribution in [-0.2, 0) is 11.2 Å². The van der Waals surface area contributed by atoms with Gasteiger partial charge in [-0.3, -0.25) is 9.59 Å². The van der Waals surface area contributed by atoms with Crippen molar-refractivity contribution in [3.8, 4) is 11.5 Å². The van der Waals surface area contributed by atoms with Crippen molar-refractivity contribution in [3.63, 3.8) is 0 Å². The van der Waals surface area contributed by atoms with Crippen LogP contribution >= 0.6 is 11.6 Å². The number of benzene rings is 2. The van der Waals surface area contributed by atoms with Gasteiger partial charge in [-0.25, -0.2) is 0 Å². The highest BCUT2D eigenvalue weighted by molar-refractivity contribution is 6.34. The summed E-state index contributed by atoms with van der Waals surface area (Å²) in [7, 11) is 3.19. The van der Waals surface area contributed by atoms with E-state index in [2.05, 4.69) is 5.32 Å². The van der Waals surface area contributed by atoms with Gasteiger partial charge in [0.25, 0.3) is 0 Å². The Morgan fingerprint density at radius 3 is 2.50 bits per heavy atom. The van der Waals surface area contributed by atoms with E-state index in [1.165, 1.54) is 0 Å². The Hall–Kier alpha value is -2.53. The van der Waals surface area contributed by atoms with Crippen LogP contribution in [0.15, 0.2) is 42.5 Å².